The van der Waals surface area contributed by atoms with Gasteiger partial charge in [-0.3, -0.25) is 0 Å². The van der Waals surface area contributed by atoms with E-state index in [2.05, 4.69) is 26.3 Å². The van der Waals surface area contributed by atoms with Crippen LogP contribution in [0, 0.1) is 24.2 Å². The average molecular weight is 293 g/mol. The smallest absolute Gasteiger partial charge is 0.129 e. The Bertz CT molecular complexity index is 691. The van der Waals surface area contributed by atoms with Crippen molar-refractivity contribution in [2.24, 2.45) is 5.92 Å². The van der Waals surface area contributed by atoms with Gasteiger partial charge in [0.25, 0.3) is 0 Å². The van der Waals surface area contributed by atoms with Crippen LogP contribution >= 0.6 is 0 Å². The van der Waals surface area contributed by atoms with E-state index in [1.54, 1.807) is 12.3 Å². The highest BCUT2D eigenvalue weighted by molar-refractivity contribution is 5.46. The highest BCUT2D eigenvalue weighted by atomic mass is 15.2. The van der Waals surface area contributed by atoms with Crippen LogP contribution in [0.25, 0.3) is 0 Å². The molecule has 0 aliphatic carbocycles. The Morgan fingerprint density at radius 1 is 1.41 bits per heavy atom. The Morgan fingerprint density at radius 3 is 3.14 bits per heavy atom. The first-order chi connectivity index (χ1) is 10.7. The molecule has 3 rings (SSSR count). The lowest BCUT2D eigenvalue weighted by atomic mass is 10.1. The molecule has 1 atom stereocenters. The molecule has 1 N–H and O–H groups in total. The first-order valence-corrected chi connectivity index (χ1v) is 7.53. The van der Waals surface area contributed by atoms with E-state index in [-0.39, 0.29) is 0 Å². The number of nitrogens with one attached hydrogen (secondary N) is 1. The van der Waals surface area contributed by atoms with Crippen LogP contribution in [0.3, 0.4) is 0 Å². The maximum absolute atomic E-state index is 8.98. The minimum Gasteiger partial charge on any atom is -0.370 e. The highest BCUT2D eigenvalue weighted by Crippen LogP contribution is 2.23. The monoisotopic (exact) mass is 293 g/mol. The van der Waals surface area contributed by atoms with Gasteiger partial charge in [0.1, 0.15) is 11.6 Å². The molecular formula is C17H19N5. The van der Waals surface area contributed by atoms with Crippen molar-refractivity contribution < 1.29 is 0 Å². The summed E-state index contributed by atoms with van der Waals surface area (Å²) in [4.78, 5) is 11.1. The van der Waals surface area contributed by atoms with E-state index in [0.29, 0.717) is 11.5 Å². The molecule has 0 aromatic carbocycles. The van der Waals surface area contributed by atoms with E-state index in [9.17, 15) is 0 Å². The number of aromatic nitrogens is 2. The summed E-state index contributed by atoms with van der Waals surface area (Å²) in [5, 5.41) is 12.4. The van der Waals surface area contributed by atoms with Crippen LogP contribution in [-0.2, 0) is 0 Å². The molecule has 0 saturated carbocycles. The highest BCUT2D eigenvalue weighted by Gasteiger charge is 2.23. The number of nitrogens with zero attached hydrogens (tertiary/aromatic N) is 4. The molecule has 0 radical (unpaired) electrons. The average Bonchev–Trinajstić information content (AvgIpc) is 3.02. The van der Waals surface area contributed by atoms with Gasteiger partial charge in [0.05, 0.1) is 11.6 Å². The zero-order chi connectivity index (χ0) is 15.4. The van der Waals surface area contributed by atoms with Crippen LogP contribution in [0.5, 0.6) is 0 Å². The summed E-state index contributed by atoms with van der Waals surface area (Å²) in [5.74, 6) is 2.40. The van der Waals surface area contributed by atoms with Crippen LogP contribution in [0.2, 0.25) is 0 Å². The second-order valence-electron chi connectivity index (χ2n) is 5.66. The van der Waals surface area contributed by atoms with Crippen molar-refractivity contribution in [3.63, 3.8) is 0 Å². The van der Waals surface area contributed by atoms with E-state index in [0.717, 1.165) is 43.4 Å². The van der Waals surface area contributed by atoms with Crippen LogP contribution in [-0.4, -0.2) is 29.6 Å². The van der Waals surface area contributed by atoms with Crippen molar-refractivity contribution in [1.29, 1.82) is 5.26 Å². The standard InChI is InChI=1S/C17H19N5/c1-13-3-2-4-16(21-13)20-11-15-6-8-22(12-15)17-9-14(10-18)5-7-19-17/h2-5,7,9,15H,6,8,11-12H2,1H3,(H,20,21)/t15-/m1/s1. The zero-order valence-corrected chi connectivity index (χ0v) is 12.7. The van der Waals surface area contributed by atoms with Crippen molar-refractivity contribution in [3.8, 4) is 6.07 Å². The fraction of sp³-hybridized carbons (Fsp3) is 0.353. The zero-order valence-electron chi connectivity index (χ0n) is 12.7. The molecular weight excluding hydrogens is 274 g/mol. The maximum Gasteiger partial charge on any atom is 0.129 e. The quantitative estimate of drug-likeness (QED) is 0.938. The number of nitriles is 1. The third-order valence-electron chi connectivity index (χ3n) is 3.94. The number of hydrogen-bond acceptors (Lipinski definition) is 5. The van der Waals surface area contributed by atoms with Gasteiger partial charge < -0.3 is 10.2 Å². The Balaban J connectivity index is 1.57. The molecule has 5 heteroatoms. The molecule has 3 heterocycles. The van der Waals surface area contributed by atoms with Gasteiger partial charge >= 0.3 is 0 Å². The Kier molecular flexibility index (Phi) is 4.19. The lowest BCUT2D eigenvalue weighted by molar-refractivity contribution is 0.620. The molecule has 2 aromatic rings. The molecule has 1 saturated heterocycles. The number of aryl methyl sites for hydroxylation is 1. The predicted molar refractivity (Wildman–Crippen MR) is 86.7 cm³/mol. The van der Waals surface area contributed by atoms with Crippen LogP contribution < -0.4 is 10.2 Å². The topological polar surface area (TPSA) is 64.8 Å². The van der Waals surface area contributed by atoms with E-state index in [1.807, 2.05) is 31.2 Å². The third kappa shape index (κ3) is 3.34. The second-order valence-corrected chi connectivity index (χ2v) is 5.66. The molecule has 2 aromatic heterocycles. The van der Waals surface area contributed by atoms with Gasteiger partial charge in [0.15, 0.2) is 0 Å². The summed E-state index contributed by atoms with van der Waals surface area (Å²) in [5.41, 5.74) is 1.69. The fourth-order valence-corrected chi connectivity index (χ4v) is 2.76. The molecule has 1 fully saturated rings. The summed E-state index contributed by atoms with van der Waals surface area (Å²) in [6.07, 6.45) is 2.83. The SMILES string of the molecule is Cc1cccc(NC[C@H]2CCN(c3cc(C#N)ccn3)C2)n1. The van der Waals surface area contributed by atoms with E-state index < -0.39 is 0 Å². The Hall–Kier alpha value is -2.61. The van der Waals surface area contributed by atoms with Crippen LogP contribution in [0.15, 0.2) is 36.5 Å². The van der Waals surface area contributed by atoms with E-state index >= 15 is 0 Å². The summed E-state index contributed by atoms with van der Waals surface area (Å²) in [6, 6.07) is 11.8. The van der Waals surface area contributed by atoms with Gasteiger partial charge in [-0.05, 0) is 43.5 Å². The predicted octanol–water partition coefficient (Wildman–Crippen LogP) is 2.60. The van der Waals surface area contributed by atoms with Gasteiger partial charge in [0.2, 0.25) is 0 Å². The van der Waals surface area contributed by atoms with Gasteiger partial charge in [-0.1, -0.05) is 6.07 Å². The molecule has 1 aliphatic heterocycles. The molecule has 22 heavy (non-hydrogen) atoms. The van der Waals surface area contributed by atoms with Crippen molar-refractivity contribution in [3.05, 3.63) is 47.8 Å². The first-order valence-electron chi connectivity index (χ1n) is 7.53. The second kappa shape index (κ2) is 6.44. The summed E-state index contributed by atoms with van der Waals surface area (Å²) in [6.45, 7) is 4.84. The number of anilines is 2. The molecule has 0 unspecified atom stereocenters. The van der Waals surface area contributed by atoms with Crippen molar-refractivity contribution in [2.75, 3.05) is 29.9 Å². The molecule has 112 valence electrons. The van der Waals surface area contributed by atoms with Gasteiger partial charge in [-0.25, -0.2) is 9.97 Å². The fourth-order valence-electron chi connectivity index (χ4n) is 2.76. The van der Waals surface area contributed by atoms with Crippen LogP contribution in [0.1, 0.15) is 17.7 Å². The Labute approximate surface area is 130 Å². The lowest BCUT2D eigenvalue weighted by Crippen LogP contribution is -2.23. The van der Waals surface area contributed by atoms with Crippen LogP contribution in [0.4, 0.5) is 11.6 Å². The minimum atomic E-state index is 0.565. The summed E-state index contributed by atoms with van der Waals surface area (Å²) < 4.78 is 0. The Morgan fingerprint density at radius 2 is 2.32 bits per heavy atom. The van der Waals surface area contributed by atoms with E-state index in [4.69, 9.17) is 5.26 Å². The molecule has 0 amide bonds. The maximum atomic E-state index is 8.98. The number of pyridine rings is 2. The minimum absolute atomic E-state index is 0.565. The number of hydrogen-bond donors (Lipinski definition) is 1. The molecule has 5 nitrogen and oxygen atoms in total. The van der Waals surface area contributed by atoms with Gasteiger partial charge in [-0.2, -0.15) is 5.26 Å². The third-order valence-corrected chi connectivity index (χ3v) is 3.94. The van der Waals surface area contributed by atoms with Crippen molar-refractivity contribution >= 4 is 11.6 Å². The van der Waals surface area contributed by atoms with Crippen molar-refractivity contribution in [2.45, 2.75) is 13.3 Å². The van der Waals surface area contributed by atoms with Gasteiger partial charge in [-0.15, -0.1) is 0 Å². The van der Waals surface area contributed by atoms with Gasteiger partial charge in [0, 0.05) is 31.5 Å². The molecule has 1 aliphatic rings. The first kappa shape index (κ1) is 14.3. The largest absolute Gasteiger partial charge is 0.370 e. The molecule has 0 bridgehead atoms. The van der Waals surface area contributed by atoms with Crippen molar-refractivity contribution in [1.82, 2.24) is 9.97 Å². The number of rotatable bonds is 4. The summed E-state index contributed by atoms with van der Waals surface area (Å²) in [7, 11) is 0. The lowest BCUT2D eigenvalue weighted by Gasteiger charge is -2.18. The normalized spacial score (nSPS) is 17.3. The summed E-state index contributed by atoms with van der Waals surface area (Å²) >= 11 is 0. The molecule has 0 spiro atoms. The van der Waals surface area contributed by atoms with E-state index in [1.165, 1.54) is 0 Å².